The molecule has 0 rings (SSSR count). The van der Waals surface area contributed by atoms with Crippen molar-refractivity contribution in [2.75, 3.05) is 27.2 Å². The van der Waals surface area contributed by atoms with Gasteiger partial charge in [0.05, 0.1) is 0 Å². The third-order valence-electron chi connectivity index (χ3n) is 7.48. The first-order valence-corrected chi connectivity index (χ1v) is 16.8. The standard InChI is InChI=1S/C34H65N7O6/c1-21(2)15-16-26(42)38-33(9,10)30(46)37-24(19-22(3)4)27(43)36-25(20-23(5)6)28(44)39-34(11,12)31(47)40-32(7,8)29(45)35-17-18-41(13)14/h21-25H,15-20H2,1-14H3,(H,35,45)(H,36,43)(H,37,46)(H,38,42)(H,39,44)(H,40,47)/t24-,25-/m0/s1. The maximum Gasteiger partial charge on any atom is 0.246 e. The summed E-state index contributed by atoms with van der Waals surface area (Å²) in [5, 5.41) is 16.6. The van der Waals surface area contributed by atoms with Crippen molar-refractivity contribution in [3.63, 3.8) is 0 Å². The van der Waals surface area contributed by atoms with Gasteiger partial charge in [-0.05, 0) is 92.7 Å². The highest BCUT2D eigenvalue weighted by Crippen LogP contribution is 2.14. The van der Waals surface area contributed by atoms with Gasteiger partial charge in [-0.15, -0.1) is 0 Å². The van der Waals surface area contributed by atoms with Crippen LogP contribution >= 0.6 is 0 Å². The minimum absolute atomic E-state index is 0.00547. The lowest BCUT2D eigenvalue weighted by Gasteiger charge is -2.33. The van der Waals surface area contributed by atoms with E-state index >= 15 is 0 Å². The molecular weight excluding hydrogens is 602 g/mol. The van der Waals surface area contributed by atoms with E-state index in [1.54, 1.807) is 27.7 Å². The Morgan fingerprint density at radius 2 is 1.04 bits per heavy atom. The molecule has 0 unspecified atom stereocenters. The van der Waals surface area contributed by atoms with E-state index in [1.165, 1.54) is 13.8 Å². The van der Waals surface area contributed by atoms with Crippen molar-refractivity contribution in [3.05, 3.63) is 0 Å². The Morgan fingerprint density at radius 3 is 1.51 bits per heavy atom. The van der Waals surface area contributed by atoms with E-state index in [9.17, 15) is 28.8 Å². The monoisotopic (exact) mass is 667 g/mol. The quantitative estimate of drug-likeness (QED) is 0.115. The molecule has 6 N–H and O–H groups in total. The molecule has 0 aliphatic rings. The molecule has 6 amide bonds. The van der Waals surface area contributed by atoms with Gasteiger partial charge in [-0.1, -0.05) is 41.5 Å². The SMILES string of the molecule is CC(C)CCC(=O)NC(C)(C)C(=O)N[C@@H](CC(C)C)C(=O)N[C@@H](CC(C)C)C(=O)NC(C)(C)C(=O)NC(C)(C)C(=O)NCCN(C)C. The van der Waals surface area contributed by atoms with Gasteiger partial charge >= 0.3 is 0 Å². The summed E-state index contributed by atoms with van der Waals surface area (Å²) in [6.45, 7) is 22.1. The van der Waals surface area contributed by atoms with Gasteiger partial charge in [0.25, 0.3) is 0 Å². The highest BCUT2D eigenvalue weighted by Gasteiger charge is 2.39. The molecule has 0 aromatic rings. The number of amides is 6. The van der Waals surface area contributed by atoms with Crippen LogP contribution in [0.2, 0.25) is 0 Å². The highest BCUT2D eigenvalue weighted by molar-refractivity contribution is 5.98. The van der Waals surface area contributed by atoms with Crippen molar-refractivity contribution in [1.29, 1.82) is 0 Å². The van der Waals surface area contributed by atoms with Crippen LogP contribution in [-0.4, -0.2) is 96.2 Å². The van der Waals surface area contributed by atoms with E-state index in [1.807, 2.05) is 60.5 Å². The number of likely N-dealkylation sites (N-methyl/N-ethyl adjacent to an activating group) is 1. The summed E-state index contributed by atoms with van der Waals surface area (Å²) in [6, 6.07) is -1.98. The first kappa shape index (κ1) is 43.8. The van der Waals surface area contributed by atoms with Crippen LogP contribution in [0.5, 0.6) is 0 Å². The lowest BCUT2D eigenvalue weighted by molar-refractivity contribution is -0.138. The van der Waals surface area contributed by atoms with Crippen LogP contribution in [-0.2, 0) is 28.8 Å². The smallest absolute Gasteiger partial charge is 0.246 e. The van der Waals surface area contributed by atoms with Crippen molar-refractivity contribution in [2.45, 2.75) is 137 Å². The molecule has 0 fully saturated rings. The van der Waals surface area contributed by atoms with Crippen LogP contribution in [0.25, 0.3) is 0 Å². The maximum absolute atomic E-state index is 13.6. The molecule has 0 aliphatic heterocycles. The van der Waals surface area contributed by atoms with Gasteiger partial charge < -0.3 is 36.8 Å². The molecule has 0 aliphatic carbocycles. The van der Waals surface area contributed by atoms with Crippen molar-refractivity contribution in [1.82, 2.24) is 36.8 Å². The Kier molecular flexibility index (Phi) is 17.6. The molecule has 13 heteroatoms. The van der Waals surface area contributed by atoms with Crippen molar-refractivity contribution >= 4 is 35.4 Å². The van der Waals surface area contributed by atoms with Crippen molar-refractivity contribution in [2.24, 2.45) is 17.8 Å². The third kappa shape index (κ3) is 17.0. The molecule has 0 radical (unpaired) electrons. The molecule has 47 heavy (non-hydrogen) atoms. The largest absolute Gasteiger partial charge is 0.353 e. The fraction of sp³-hybridized carbons (Fsp3) is 0.824. The average Bonchev–Trinajstić information content (AvgIpc) is 2.89. The van der Waals surface area contributed by atoms with Gasteiger partial charge in [-0.3, -0.25) is 28.8 Å². The van der Waals surface area contributed by atoms with E-state index in [4.69, 9.17) is 0 Å². The van der Waals surface area contributed by atoms with Gasteiger partial charge in [0, 0.05) is 19.5 Å². The summed E-state index contributed by atoms with van der Waals surface area (Å²) in [4.78, 5) is 80.9. The molecule has 0 heterocycles. The molecule has 0 saturated carbocycles. The van der Waals surface area contributed by atoms with Crippen LogP contribution in [0.3, 0.4) is 0 Å². The highest BCUT2D eigenvalue weighted by atomic mass is 16.2. The van der Waals surface area contributed by atoms with E-state index in [2.05, 4.69) is 31.9 Å². The molecule has 2 atom stereocenters. The van der Waals surface area contributed by atoms with Crippen molar-refractivity contribution < 1.29 is 28.8 Å². The lowest BCUT2D eigenvalue weighted by Crippen LogP contribution is -2.65. The number of nitrogens with zero attached hydrogens (tertiary/aromatic N) is 1. The molecule has 0 bridgehead atoms. The number of rotatable bonds is 20. The third-order valence-corrected chi connectivity index (χ3v) is 7.48. The van der Waals surface area contributed by atoms with Crippen LogP contribution in [0.15, 0.2) is 0 Å². The van der Waals surface area contributed by atoms with Gasteiger partial charge in [-0.25, -0.2) is 0 Å². The molecule has 0 saturated heterocycles. The lowest BCUT2D eigenvalue weighted by atomic mass is 9.96. The van der Waals surface area contributed by atoms with Gasteiger partial charge in [0.1, 0.15) is 28.7 Å². The van der Waals surface area contributed by atoms with E-state index in [0.717, 1.165) is 0 Å². The Labute approximate surface area is 283 Å². The molecule has 0 aromatic carbocycles. The number of nitrogens with one attached hydrogen (secondary N) is 6. The van der Waals surface area contributed by atoms with Crippen LogP contribution in [0, 0.1) is 17.8 Å². The summed E-state index contributed by atoms with van der Waals surface area (Å²) < 4.78 is 0. The average molecular weight is 668 g/mol. The Bertz CT molecular complexity index is 1080. The molecule has 13 nitrogen and oxygen atoms in total. The number of carbonyl (C=O) groups excluding carboxylic acids is 6. The minimum Gasteiger partial charge on any atom is -0.353 e. The first-order chi connectivity index (χ1) is 21.3. The van der Waals surface area contributed by atoms with E-state index < -0.39 is 52.3 Å². The second-order valence-corrected chi connectivity index (χ2v) is 15.7. The Balaban J connectivity index is 5.76. The second kappa shape index (κ2) is 18.9. The predicted molar refractivity (Wildman–Crippen MR) is 185 cm³/mol. The topological polar surface area (TPSA) is 178 Å². The normalized spacial score (nSPS) is 13.7. The fourth-order valence-corrected chi connectivity index (χ4v) is 4.47. The molecule has 0 aromatic heterocycles. The van der Waals surface area contributed by atoms with Crippen LogP contribution in [0.4, 0.5) is 0 Å². The summed E-state index contributed by atoms with van der Waals surface area (Å²) in [5.74, 6) is -2.47. The summed E-state index contributed by atoms with van der Waals surface area (Å²) >= 11 is 0. The summed E-state index contributed by atoms with van der Waals surface area (Å²) in [6.07, 6.45) is 1.54. The van der Waals surface area contributed by atoms with Gasteiger partial charge in [0.15, 0.2) is 0 Å². The second-order valence-electron chi connectivity index (χ2n) is 15.7. The summed E-state index contributed by atoms with van der Waals surface area (Å²) in [7, 11) is 3.77. The van der Waals surface area contributed by atoms with Gasteiger partial charge in [-0.2, -0.15) is 0 Å². The Hall–Kier alpha value is -3.22. The zero-order chi connectivity index (χ0) is 36.9. The van der Waals surface area contributed by atoms with E-state index in [-0.39, 0.29) is 36.5 Å². The van der Waals surface area contributed by atoms with Crippen LogP contribution < -0.4 is 31.9 Å². The maximum atomic E-state index is 13.6. The first-order valence-electron chi connectivity index (χ1n) is 16.8. The minimum atomic E-state index is -1.43. The number of carbonyl (C=O) groups is 6. The van der Waals surface area contributed by atoms with E-state index in [0.29, 0.717) is 31.8 Å². The predicted octanol–water partition coefficient (Wildman–Crippen LogP) is 1.85. The zero-order valence-electron chi connectivity index (χ0n) is 31.5. The number of hydrogen-bond acceptors (Lipinski definition) is 7. The number of hydrogen-bond donors (Lipinski definition) is 6. The molecule has 0 spiro atoms. The zero-order valence-corrected chi connectivity index (χ0v) is 31.5. The Morgan fingerprint density at radius 1 is 0.574 bits per heavy atom. The van der Waals surface area contributed by atoms with Crippen molar-refractivity contribution in [3.8, 4) is 0 Å². The fourth-order valence-electron chi connectivity index (χ4n) is 4.47. The van der Waals surface area contributed by atoms with Gasteiger partial charge in [0.2, 0.25) is 35.4 Å². The molecular formula is C34H65N7O6. The van der Waals surface area contributed by atoms with Crippen LogP contribution in [0.1, 0.15) is 109 Å². The molecule has 272 valence electrons. The summed E-state index contributed by atoms with van der Waals surface area (Å²) in [5.41, 5.74) is -3.95.